The summed E-state index contributed by atoms with van der Waals surface area (Å²) in [5.41, 5.74) is 1.36. The molecule has 1 aliphatic heterocycles. The summed E-state index contributed by atoms with van der Waals surface area (Å²) < 4.78 is 11.1. The highest BCUT2D eigenvalue weighted by Crippen LogP contribution is 2.23. The molecule has 0 radical (unpaired) electrons. The molecule has 1 aliphatic rings. The molecule has 1 amide bonds. The molecule has 54 heavy (non-hydrogen) atoms. The number of allylic oxidation sites excluding steroid dienone is 3. The van der Waals surface area contributed by atoms with Crippen LogP contribution in [0.4, 0.5) is 0 Å². The second kappa shape index (κ2) is 33.7. The van der Waals surface area contributed by atoms with E-state index in [0.29, 0.717) is 19.3 Å². The largest absolute Gasteiger partial charge is 0.394 e. The molecule has 0 aromatic carbocycles. The summed E-state index contributed by atoms with van der Waals surface area (Å²) in [5.74, 6) is -0.626. The third-order valence-electron chi connectivity index (χ3n) is 10.7. The van der Waals surface area contributed by atoms with E-state index < -0.39 is 61.5 Å². The highest BCUT2D eigenvalue weighted by atomic mass is 16.7. The number of carbonyl (C=O) groups excluding carboxylic acids is 1. The summed E-state index contributed by atoms with van der Waals surface area (Å²) in [6, 6.07) is -0.994. The summed E-state index contributed by atoms with van der Waals surface area (Å²) in [5, 5.41) is 64.6. The maximum absolute atomic E-state index is 13.0. The number of carbonyl (C=O) groups is 1. The predicted octanol–water partition coefficient (Wildman–Crippen LogP) is 7.69. The number of nitrogens with one attached hydrogen (secondary N) is 1. The topological polar surface area (TPSA) is 169 Å². The van der Waals surface area contributed by atoms with Gasteiger partial charge in [-0.1, -0.05) is 172 Å². The maximum Gasteiger partial charge on any atom is 0.249 e. The van der Waals surface area contributed by atoms with E-state index in [2.05, 4.69) is 32.2 Å². The van der Waals surface area contributed by atoms with Gasteiger partial charge in [0.1, 0.15) is 30.5 Å². The van der Waals surface area contributed by atoms with Crippen molar-refractivity contribution in [1.82, 2.24) is 5.32 Å². The van der Waals surface area contributed by atoms with Gasteiger partial charge >= 0.3 is 0 Å². The van der Waals surface area contributed by atoms with Gasteiger partial charge in [-0.25, -0.2) is 0 Å². The Morgan fingerprint density at radius 1 is 0.704 bits per heavy atom. The average molecular weight is 770 g/mol. The smallest absolute Gasteiger partial charge is 0.249 e. The highest BCUT2D eigenvalue weighted by Gasteiger charge is 2.44. The van der Waals surface area contributed by atoms with E-state index in [1.807, 2.05) is 6.08 Å². The molecule has 1 fully saturated rings. The van der Waals surface area contributed by atoms with Crippen molar-refractivity contribution in [3.8, 4) is 0 Å². The number of ether oxygens (including phenoxy) is 2. The summed E-state index contributed by atoms with van der Waals surface area (Å²) in [7, 11) is 0. The third kappa shape index (κ3) is 24.3. The summed E-state index contributed by atoms with van der Waals surface area (Å²) in [6.07, 6.45) is 26.3. The Balaban J connectivity index is 2.52. The van der Waals surface area contributed by atoms with E-state index in [1.165, 1.54) is 121 Å². The predicted molar refractivity (Wildman–Crippen MR) is 218 cm³/mol. The van der Waals surface area contributed by atoms with Gasteiger partial charge in [0.25, 0.3) is 0 Å². The quantitative estimate of drug-likeness (QED) is 0.0252. The normalized spacial score (nSPS) is 22.5. The van der Waals surface area contributed by atoms with Crippen LogP contribution in [-0.2, 0) is 14.3 Å². The first kappa shape index (κ1) is 50.6. The first-order chi connectivity index (χ1) is 26.2. The molecule has 8 atom stereocenters. The molecule has 0 unspecified atom stereocenters. The second-order valence-electron chi connectivity index (χ2n) is 15.8. The van der Waals surface area contributed by atoms with E-state index in [0.717, 1.165) is 32.1 Å². The van der Waals surface area contributed by atoms with Crippen LogP contribution in [0, 0.1) is 0 Å². The molecule has 10 nitrogen and oxygen atoms in total. The number of hydrogen-bond acceptors (Lipinski definition) is 9. The van der Waals surface area contributed by atoms with Gasteiger partial charge in [-0.3, -0.25) is 4.79 Å². The van der Waals surface area contributed by atoms with Gasteiger partial charge in [-0.2, -0.15) is 0 Å². The van der Waals surface area contributed by atoms with Crippen LogP contribution < -0.4 is 5.32 Å². The van der Waals surface area contributed by atoms with Crippen LogP contribution in [0.5, 0.6) is 0 Å². The van der Waals surface area contributed by atoms with Crippen molar-refractivity contribution < 1.29 is 44.9 Å². The minimum Gasteiger partial charge on any atom is -0.394 e. The van der Waals surface area contributed by atoms with Crippen molar-refractivity contribution in [3.05, 3.63) is 23.8 Å². The van der Waals surface area contributed by atoms with Crippen molar-refractivity contribution in [2.24, 2.45) is 0 Å². The van der Waals surface area contributed by atoms with Gasteiger partial charge in [-0.05, 0) is 39.0 Å². The van der Waals surface area contributed by atoms with Gasteiger partial charge in [-0.15, -0.1) is 0 Å². The maximum atomic E-state index is 13.0. The van der Waals surface area contributed by atoms with E-state index in [1.54, 1.807) is 6.08 Å². The number of aliphatic hydroxyl groups is 6. The van der Waals surface area contributed by atoms with Crippen molar-refractivity contribution >= 4 is 5.91 Å². The number of aliphatic hydroxyl groups excluding tert-OH is 6. The Morgan fingerprint density at radius 3 is 1.72 bits per heavy atom. The lowest BCUT2D eigenvalue weighted by molar-refractivity contribution is -0.302. The highest BCUT2D eigenvalue weighted by molar-refractivity contribution is 5.80. The Kier molecular flexibility index (Phi) is 31.6. The van der Waals surface area contributed by atoms with Crippen LogP contribution in [0.25, 0.3) is 0 Å². The Morgan fingerprint density at radius 2 is 1.20 bits per heavy atom. The SMILES string of the molecule is CCCCCCCCCCCCCCCCC[C@@H](O)C(=O)N[C@@H](CO[C@@H]1O[C@H](CO)[C@@H](O)[C@H](O)[C@H]1O)[C@H](O)C=CCCC=C(C)CCCCCCCCC. The van der Waals surface area contributed by atoms with Crippen molar-refractivity contribution in [1.29, 1.82) is 0 Å². The minimum absolute atomic E-state index is 0.306. The van der Waals surface area contributed by atoms with E-state index in [4.69, 9.17) is 9.47 Å². The zero-order chi connectivity index (χ0) is 39.8. The molecule has 7 N–H and O–H groups in total. The lowest BCUT2D eigenvalue weighted by Gasteiger charge is -2.40. The molecule has 0 saturated carbocycles. The zero-order valence-corrected chi connectivity index (χ0v) is 34.6. The van der Waals surface area contributed by atoms with Crippen molar-refractivity contribution in [3.63, 3.8) is 0 Å². The minimum atomic E-state index is -1.61. The standard InChI is InChI=1S/C44H83NO9/c1-4-6-8-10-12-13-14-15-16-17-18-19-21-23-27-32-38(48)43(52)45-36(34-53-44-42(51)41(50)40(49)39(33-46)54-44)37(47)31-28-24-26-30-35(3)29-25-22-20-11-9-7-5-2/h28,30-31,36-42,44,46-51H,4-27,29,32-34H2,1-3H3,(H,45,52)/t36-,37+,38+,39+,40+,41-,42+,44+/m0/s1. The van der Waals surface area contributed by atoms with Gasteiger partial charge in [0.15, 0.2) is 6.29 Å². The molecule has 0 aromatic heterocycles. The van der Waals surface area contributed by atoms with Crippen LogP contribution in [0.3, 0.4) is 0 Å². The molecule has 1 saturated heterocycles. The first-order valence-corrected chi connectivity index (χ1v) is 22.1. The van der Waals surface area contributed by atoms with Crippen molar-refractivity contribution in [2.75, 3.05) is 13.2 Å². The molecule has 0 aromatic rings. The van der Waals surface area contributed by atoms with Gasteiger partial charge in [0, 0.05) is 0 Å². The van der Waals surface area contributed by atoms with E-state index >= 15 is 0 Å². The van der Waals surface area contributed by atoms with Crippen LogP contribution in [0.2, 0.25) is 0 Å². The van der Waals surface area contributed by atoms with Crippen LogP contribution in [-0.4, -0.2) is 98.7 Å². The third-order valence-corrected chi connectivity index (χ3v) is 10.7. The first-order valence-electron chi connectivity index (χ1n) is 22.1. The average Bonchev–Trinajstić information content (AvgIpc) is 3.16. The molecule has 0 aliphatic carbocycles. The summed E-state index contributed by atoms with van der Waals surface area (Å²) in [4.78, 5) is 13.0. The number of rotatable bonds is 35. The van der Waals surface area contributed by atoms with Crippen LogP contribution in [0.1, 0.15) is 188 Å². The summed E-state index contributed by atoms with van der Waals surface area (Å²) >= 11 is 0. The van der Waals surface area contributed by atoms with E-state index in [9.17, 15) is 35.4 Å². The Bertz CT molecular complexity index is 945. The van der Waals surface area contributed by atoms with E-state index in [-0.39, 0.29) is 6.61 Å². The molecule has 1 heterocycles. The van der Waals surface area contributed by atoms with Gasteiger partial charge in [0.05, 0.1) is 25.4 Å². The Hall–Kier alpha value is -1.37. The van der Waals surface area contributed by atoms with Crippen LogP contribution in [0.15, 0.2) is 23.8 Å². The van der Waals surface area contributed by atoms with Crippen molar-refractivity contribution in [2.45, 2.75) is 237 Å². The Labute approximate surface area is 329 Å². The van der Waals surface area contributed by atoms with Crippen LogP contribution >= 0.6 is 0 Å². The number of unbranched alkanes of at least 4 members (excludes halogenated alkanes) is 21. The summed E-state index contributed by atoms with van der Waals surface area (Å²) in [6.45, 7) is 5.72. The monoisotopic (exact) mass is 770 g/mol. The molecule has 10 heteroatoms. The number of hydrogen-bond donors (Lipinski definition) is 7. The fourth-order valence-electron chi connectivity index (χ4n) is 7.01. The lowest BCUT2D eigenvalue weighted by atomic mass is 9.99. The number of amides is 1. The van der Waals surface area contributed by atoms with Gasteiger partial charge < -0.3 is 45.4 Å². The fraction of sp³-hybridized carbons (Fsp3) is 0.886. The van der Waals surface area contributed by atoms with Gasteiger partial charge in [0.2, 0.25) is 5.91 Å². The lowest BCUT2D eigenvalue weighted by Crippen LogP contribution is -2.60. The molecular formula is C44H83NO9. The molecule has 318 valence electrons. The molecule has 1 rings (SSSR count). The molecule has 0 spiro atoms. The zero-order valence-electron chi connectivity index (χ0n) is 34.6. The molecular weight excluding hydrogens is 686 g/mol. The second-order valence-corrected chi connectivity index (χ2v) is 15.8. The fourth-order valence-corrected chi connectivity index (χ4v) is 7.01. The molecule has 0 bridgehead atoms.